The lowest BCUT2D eigenvalue weighted by Crippen LogP contribution is -2.27. The van der Waals surface area contributed by atoms with Gasteiger partial charge in [0.05, 0.1) is 0 Å². The number of thioether (sulfide) groups is 1. The third kappa shape index (κ3) is 5.82. The largest absolute Gasteiger partial charge is 0.348 e. The van der Waals surface area contributed by atoms with E-state index in [-0.39, 0.29) is 16.9 Å². The number of H-pyrrole nitrogens is 1. The molecule has 0 unspecified atom stereocenters. The highest BCUT2D eigenvalue weighted by molar-refractivity contribution is 8.00. The van der Waals surface area contributed by atoms with Crippen LogP contribution in [0.15, 0.2) is 64.5 Å². The number of carbonyl (C=O) groups excluding carboxylic acids is 1. The first kappa shape index (κ1) is 22.7. The van der Waals surface area contributed by atoms with Crippen molar-refractivity contribution in [3.63, 3.8) is 0 Å². The van der Waals surface area contributed by atoms with Gasteiger partial charge in [-0.3, -0.25) is 14.6 Å². The van der Waals surface area contributed by atoms with Crippen molar-refractivity contribution >= 4 is 17.7 Å². The first-order valence-corrected chi connectivity index (χ1v) is 11.0. The summed E-state index contributed by atoms with van der Waals surface area (Å²) in [5.41, 5.74) is 3.22. The van der Waals surface area contributed by atoms with Crippen molar-refractivity contribution in [1.82, 2.24) is 20.1 Å². The zero-order valence-corrected chi connectivity index (χ0v) is 19.4. The van der Waals surface area contributed by atoms with E-state index >= 15 is 0 Å². The molecule has 0 radical (unpaired) electrons. The van der Waals surface area contributed by atoms with Gasteiger partial charge in [-0.25, -0.2) is 0 Å². The molecular formula is C24H28N4O2S. The van der Waals surface area contributed by atoms with Crippen molar-refractivity contribution in [2.75, 3.05) is 14.1 Å². The summed E-state index contributed by atoms with van der Waals surface area (Å²) in [7, 11) is 3.42. The number of benzene rings is 2. The van der Waals surface area contributed by atoms with Crippen molar-refractivity contribution < 1.29 is 4.79 Å². The smallest absolute Gasteiger partial charge is 0.273 e. The number of carbonyl (C=O) groups is 1. The van der Waals surface area contributed by atoms with Crippen LogP contribution in [0.4, 0.5) is 0 Å². The lowest BCUT2D eigenvalue weighted by Gasteiger charge is -2.20. The lowest BCUT2D eigenvalue weighted by atomic mass is 9.86. The van der Waals surface area contributed by atoms with Crippen LogP contribution in [0.1, 0.15) is 48.4 Å². The van der Waals surface area contributed by atoms with Gasteiger partial charge in [0.2, 0.25) is 5.91 Å². The molecule has 1 aromatic heterocycles. The fourth-order valence-corrected chi connectivity index (χ4v) is 4.13. The molecule has 0 saturated carbocycles. The Bertz CT molecular complexity index is 1090. The SMILES string of the molecule is CN(C)C(=O)[C@@H](Sc1nnc(Cc2ccc(C(C)(C)C)cc2)c(=O)[nH]1)c1ccccc1. The highest BCUT2D eigenvalue weighted by Gasteiger charge is 2.25. The van der Waals surface area contributed by atoms with Crippen molar-refractivity contribution in [1.29, 1.82) is 0 Å². The first-order chi connectivity index (χ1) is 14.6. The third-order valence-corrected chi connectivity index (χ3v) is 6.05. The van der Waals surface area contributed by atoms with E-state index in [1.807, 2.05) is 42.5 Å². The van der Waals surface area contributed by atoms with Gasteiger partial charge in [-0.1, -0.05) is 87.1 Å². The van der Waals surface area contributed by atoms with E-state index in [0.29, 0.717) is 17.3 Å². The van der Waals surface area contributed by atoms with Gasteiger partial charge in [-0.2, -0.15) is 0 Å². The van der Waals surface area contributed by atoms with E-state index in [0.717, 1.165) is 11.1 Å². The molecule has 31 heavy (non-hydrogen) atoms. The molecule has 7 heteroatoms. The molecular weight excluding hydrogens is 408 g/mol. The van der Waals surface area contributed by atoms with Crippen LogP contribution in [0.25, 0.3) is 0 Å². The van der Waals surface area contributed by atoms with Crippen molar-refractivity contribution in [3.05, 3.63) is 87.3 Å². The Labute approximate surface area is 187 Å². The molecule has 1 atom stereocenters. The minimum Gasteiger partial charge on any atom is -0.348 e. The van der Waals surface area contributed by atoms with Gasteiger partial charge in [-0.05, 0) is 22.1 Å². The number of nitrogens with one attached hydrogen (secondary N) is 1. The highest BCUT2D eigenvalue weighted by Crippen LogP contribution is 2.34. The Balaban J connectivity index is 1.79. The number of amides is 1. The Morgan fingerprint density at radius 1 is 1.03 bits per heavy atom. The summed E-state index contributed by atoms with van der Waals surface area (Å²) in [6.07, 6.45) is 0.399. The maximum Gasteiger partial charge on any atom is 0.273 e. The molecule has 0 aliphatic heterocycles. The topological polar surface area (TPSA) is 79.0 Å². The van der Waals surface area contributed by atoms with Crippen molar-refractivity contribution in [2.24, 2.45) is 0 Å². The number of nitrogens with zero attached hydrogens (tertiary/aromatic N) is 3. The van der Waals surface area contributed by atoms with Gasteiger partial charge < -0.3 is 4.90 Å². The van der Waals surface area contributed by atoms with E-state index in [2.05, 4.69) is 48.1 Å². The Morgan fingerprint density at radius 2 is 1.68 bits per heavy atom. The average molecular weight is 437 g/mol. The third-order valence-electron chi connectivity index (χ3n) is 4.93. The summed E-state index contributed by atoms with van der Waals surface area (Å²) in [4.78, 5) is 29.7. The molecule has 1 heterocycles. The van der Waals surface area contributed by atoms with Gasteiger partial charge in [0.1, 0.15) is 10.9 Å². The van der Waals surface area contributed by atoms with Crippen LogP contribution in [0, 0.1) is 0 Å². The number of hydrogen-bond donors (Lipinski definition) is 1. The van der Waals surface area contributed by atoms with Gasteiger partial charge >= 0.3 is 0 Å². The van der Waals surface area contributed by atoms with Crippen LogP contribution in [0.3, 0.4) is 0 Å². The summed E-state index contributed by atoms with van der Waals surface area (Å²) in [5.74, 6) is -0.0816. The lowest BCUT2D eigenvalue weighted by molar-refractivity contribution is -0.128. The van der Waals surface area contributed by atoms with E-state index in [9.17, 15) is 9.59 Å². The number of rotatable bonds is 6. The first-order valence-electron chi connectivity index (χ1n) is 10.1. The normalized spacial score (nSPS) is 12.4. The van der Waals surface area contributed by atoms with Crippen LogP contribution < -0.4 is 5.56 Å². The number of aromatic nitrogens is 3. The summed E-state index contributed by atoms with van der Waals surface area (Å²) < 4.78 is 0. The molecule has 1 amide bonds. The van der Waals surface area contributed by atoms with Crippen LogP contribution in [0.5, 0.6) is 0 Å². The Kier molecular flexibility index (Phi) is 6.95. The van der Waals surface area contributed by atoms with E-state index in [1.54, 1.807) is 14.1 Å². The zero-order chi connectivity index (χ0) is 22.6. The fraction of sp³-hybridized carbons (Fsp3) is 0.333. The molecule has 2 aromatic carbocycles. The predicted molar refractivity (Wildman–Crippen MR) is 124 cm³/mol. The second kappa shape index (κ2) is 9.47. The molecule has 3 aromatic rings. The molecule has 0 spiro atoms. The van der Waals surface area contributed by atoms with Crippen molar-refractivity contribution in [3.8, 4) is 0 Å². The zero-order valence-electron chi connectivity index (χ0n) is 18.5. The highest BCUT2D eigenvalue weighted by atomic mass is 32.2. The second-order valence-corrected chi connectivity index (χ2v) is 9.76. The van der Waals surface area contributed by atoms with Crippen LogP contribution >= 0.6 is 11.8 Å². The van der Waals surface area contributed by atoms with Crippen LogP contribution in [-0.2, 0) is 16.6 Å². The minimum atomic E-state index is -0.517. The van der Waals surface area contributed by atoms with E-state index in [1.165, 1.54) is 22.2 Å². The molecule has 0 aliphatic rings. The molecule has 0 aliphatic carbocycles. The molecule has 3 rings (SSSR count). The number of aromatic amines is 1. The summed E-state index contributed by atoms with van der Waals surface area (Å²) >= 11 is 1.19. The Morgan fingerprint density at radius 3 is 2.23 bits per heavy atom. The fourth-order valence-electron chi connectivity index (χ4n) is 3.07. The molecule has 0 fully saturated rings. The molecule has 6 nitrogen and oxygen atoms in total. The summed E-state index contributed by atoms with van der Waals surface area (Å²) in [5, 5.41) is 8.15. The summed E-state index contributed by atoms with van der Waals surface area (Å²) in [6.45, 7) is 6.50. The van der Waals surface area contributed by atoms with Crippen molar-refractivity contribution in [2.45, 2.75) is 43.0 Å². The monoisotopic (exact) mass is 436 g/mol. The minimum absolute atomic E-state index is 0.0773. The van der Waals surface area contributed by atoms with Gasteiger partial charge in [-0.15, -0.1) is 10.2 Å². The number of likely N-dealkylation sites (N-methyl/N-ethyl adjacent to an activating group) is 1. The predicted octanol–water partition coefficient (Wildman–Crippen LogP) is 3.97. The molecule has 0 saturated heterocycles. The maximum absolute atomic E-state index is 12.7. The van der Waals surface area contributed by atoms with E-state index in [4.69, 9.17) is 0 Å². The molecule has 1 N–H and O–H groups in total. The molecule has 162 valence electrons. The number of hydrogen-bond acceptors (Lipinski definition) is 5. The summed E-state index contributed by atoms with van der Waals surface area (Å²) in [6, 6.07) is 17.6. The van der Waals surface area contributed by atoms with E-state index < -0.39 is 5.25 Å². The van der Waals surface area contributed by atoms with Crippen LogP contribution in [-0.4, -0.2) is 40.1 Å². The molecule has 0 bridgehead atoms. The standard InChI is InChI=1S/C24H28N4O2S/c1-24(2,3)18-13-11-16(12-14-18)15-19-21(29)25-23(27-26-19)31-20(22(30)28(4)5)17-9-7-6-8-10-17/h6-14,20H,15H2,1-5H3,(H,25,27,29)/t20-/m0/s1. The van der Waals surface area contributed by atoms with Gasteiger partial charge in [0.25, 0.3) is 5.56 Å². The van der Waals surface area contributed by atoms with Gasteiger partial charge in [0.15, 0.2) is 5.16 Å². The van der Waals surface area contributed by atoms with Gasteiger partial charge in [0, 0.05) is 20.5 Å². The quantitative estimate of drug-likeness (QED) is 0.592. The maximum atomic E-state index is 12.7. The second-order valence-electron chi connectivity index (χ2n) is 8.67. The average Bonchev–Trinajstić information content (AvgIpc) is 2.73. The van der Waals surface area contributed by atoms with Crippen LogP contribution in [0.2, 0.25) is 0 Å². The Hall–Kier alpha value is -2.93.